The number of pyridine rings is 1. The van der Waals surface area contributed by atoms with Crippen LogP contribution in [0.4, 0.5) is 0 Å². The number of benzene rings is 2. The lowest BCUT2D eigenvalue weighted by atomic mass is 9.90. The summed E-state index contributed by atoms with van der Waals surface area (Å²) in [6.45, 7) is 3.53. The summed E-state index contributed by atoms with van der Waals surface area (Å²) in [5.41, 5.74) is 5.88. The van der Waals surface area contributed by atoms with Gasteiger partial charge in [0.2, 0.25) is 0 Å². The van der Waals surface area contributed by atoms with Gasteiger partial charge in [-0.1, -0.05) is 36.4 Å². The molecule has 27 heavy (non-hydrogen) atoms. The van der Waals surface area contributed by atoms with Crippen molar-refractivity contribution in [1.82, 2.24) is 10.3 Å². The summed E-state index contributed by atoms with van der Waals surface area (Å²) >= 11 is 0. The number of hydrogen-bond donors (Lipinski definition) is 1. The number of methoxy groups -OCH3 is 1. The van der Waals surface area contributed by atoms with Crippen molar-refractivity contribution in [2.24, 2.45) is 0 Å². The van der Waals surface area contributed by atoms with Crippen LogP contribution >= 0.6 is 0 Å². The van der Waals surface area contributed by atoms with E-state index in [2.05, 4.69) is 47.6 Å². The maximum atomic E-state index is 6.12. The van der Waals surface area contributed by atoms with Crippen LogP contribution in [0.2, 0.25) is 0 Å². The topological polar surface area (TPSA) is 43.4 Å². The smallest absolute Gasteiger partial charge is 0.162 e. The van der Waals surface area contributed by atoms with Crippen molar-refractivity contribution < 1.29 is 9.47 Å². The van der Waals surface area contributed by atoms with E-state index in [0.717, 1.165) is 35.7 Å². The zero-order chi connectivity index (χ0) is 18.6. The molecule has 1 aromatic heterocycles. The van der Waals surface area contributed by atoms with E-state index in [4.69, 9.17) is 9.47 Å². The fourth-order valence-corrected chi connectivity index (χ4v) is 3.62. The fourth-order valence-electron chi connectivity index (χ4n) is 3.62. The van der Waals surface area contributed by atoms with Crippen molar-refractivity contribution in [3.8, 4) is 11.5 Å². The van der Waals surface area contributed by atoms with Gasteiger partial charge in [0, 0.05) is 12.7 Å². The predicted octanol–water partition coefficient (Wildman–Crippen LogP) is 4.21. The minimum absolute atomic E-state index is 0.0694. The van der Waals surface area contributed by atoms with Gasteiger partial charge >= 0.3 is 0 Å². The number of ether oxygens (including phenoxy) is 2. The van der Waals surface area contributed by atoms with Crippen LogP contribution in [0, 0.1) is 6.92 Å². The molecule has 1 N–H and O–H groups in total. The third kappa shape index (κ3) is 3.67. The van der Waals surface area contributed by atoms with Gasteiger partial charge in [-0.3, -0.25) is 4.98 Å². The molecule has 4 heteroatoms. The van der Waals surface area contributed by atoms with Crippen LogP contribution in [0.5, 0.6) is 11.5 Å². The average molecular weight is 360 g/mol. The number of nitrogens with zero attached hydrogens (tertiary/aromatic N) is 1. The molecule has 2 aromatic carbocycles. The minimum atomic E-state index is 0.0694. The lowest BCUT2D eigenvalue weighted by Crippen LogP contribution is -2.31. The second-order valence-corrected chi connectivity index (χ2v) is 6.82. The molecule has 0 spiro atoms. The number of aromatic nitrogens is 1. The highest BCUT2D eigenvalue weighted by molar-refractivity contribution is 5.51. The number of fused-ring (bicyclic) bond motifs is 1. The Bertz CT molecular complexity index is 925. The Morgan fingerprint density at radius 3 is 2.70 bits per heavy atom. The fraction of sp³-hybridized carbons (Fsp3) is 0.261. The van der Waals surface area contributed by atoms with Gasteiger partial charge in [0.1, 0.15) is 6.61 Å². The molecule has 1 unspecified atom stereocenters. The Balaban J connectivity index is 1.69. The number of nitrogens with one attached hydrogen (secondary N) is 1. The first-order valence-electron chi connectivity index (χ1n) is 9.28. The molecule has 0 fully saturated rings. The van der Waals surface area contributed by atoms with Crippen LogP contribution in [0.15, 0.2) is 60.8 Å². The van der Waals surface area contributed by atoms with Gasteiger partial charge in [0.15, 0.2) is 11.5 Å². The molecule has 4 nitrogen and oxygen atoms in total. The van der Waals surface area contributed by atoms with Crippen molar-refractivity contribution in [3.63, 3.8) is 0 Å². The molecule has 2 heterocycles. The summed E-state index contributed by atoms with van der Waals surface area (Å²) < 4.78 is 11.7. The normalized spacial score (nSPS) is 15.9. The van der Waals surface area contributed by atoms with E-state index in [1.54, 1.807) is 7.11 Å². The molecule has 0 aliphatic carbocycles. The first-order chi connectivity index (χ1) is 13.3. The van der Waals surface area contributed by atoms with Gasteiger partial charge in [0.05, 0.1) is 18.8 Å². The second kappa shape index (κ2) is 7.80. The van der Waals surface area contributed by atoms with E-state index in [9.17, 15) is 0 Å². The zero-order valence-corrected chi connectivity index (χ0v) is 15.7. The molecule has 1 aliphatic rings. The average Bonchev–Trinajstić information content (AvgIpc) is 2.72. The highest BCUT2D eigenvalue weighted by atomic mass is 16.5. The quantitative estimate of drug-likeness (QED) is 0.740. The number of rotatable bonds is 5. The van der Waals surface area contributed by atoms with Crippen molar-refractivity contribution >= 4 is 0 Å². The first-order valence-corrected chi connectivity index (χ1v) is 9.28. The van der Waals surface area contributed by atoms with E-state index in [1.807, 2.05) is 30.5 Å². The predicted molar refractivity (Wildman–Crippen MR) is 106 cm³/mol. The van der Waals surface area contributed by atoms with Crippen molar-refractivity contribution in [3.05, 3.63) is 88.7 Å². The van der Waals surface area contributed by atoms with Crippen molar-refractivity contribution in [2.75, 3.05) is 13.7 Å². The van der Waals surface area contributed by atoms with Gasteiger partial charge in [-0.2, -0.15) is 0 Å². The number of hydrogen-bond acceptors (Lipinski definition) is 4. The summed E-state index contributed by atoms with van der Waals surface area (Å²) in [6.07, 6.45) is 2.82. The van der Waals surface area contributed by atoms with Crippen molar-refractivity contribution in [1.29, 1.82) is 0 Å². The molecule has 1 atom stereocenters. The Kier molecular flexibility index (Phi) is 5.07. The third-order valence-electron chi connectivity index (χ3n) is 5.04. The van der Waals surface area contributed by atoms with Crippen LogP contribution in [0.1, 0.15) is 34.0 Å². The van der Waals surface area contributed by atoms with Crippen LogP contribution in [-0.4, -0.2) is 18.6 Å². The maximum Gasteiger partial charge on any atom is 0.162 e. The van der Waals surface area contributed by atoms with Gasteiger partial charge < -0.3 is 14.8 Å². The van der Waals surface area contributed by atoms with Gasteiger partial charge in [-0.05, 0) is 53.8 Å². The molecule has 3 aromatic rings. The lowest BCUT2D eigenvalue weighted by Gasteiger charge is -2.28. The molecular formula is C23H24N2O2. The van der Waals surface area contributed by atoms with Gasteiger partial charge in [-0.15, -0.1) is 0 Å². The van der Waals surface area contributed by atoms with Crippen LogP contribution in [0.3, 0.4) is 0 Å². The summed E-state index contributed by atoms with van der Waals surface area (Å²) in [4.78, 5) is 4.63. The van der Waals surface area contributed by atoms with Crippen LogP contribution < -0.4 is 14.8 Å². The van der Waals surface area contributed by atoms with E-state index >= 15 is 0 Å². The van der Waals surface area contributed by atoms with E-state index in [0.29, 0.717) is 6.61 Å². The monoisotopic (exact) mass is 360 g/mol. The Morgan fingerprint density at radius 2 is 1.93 bits per heavy atom. The summed E-state index contributed by atoms with van der Waals surface area (Å²) in [7, 11) is 1.69. The molecule has 0 saturated heterocycles. The molecule has 0 radical (unpaired) electrons. The molecule has 4 rings (SSSR count). The molecule has 138 valence electrons. The Labute approximate surface area is 160 Å². The molecule has 1 aliphatic heterocycles. The largest absolute Gasteiger partial charge is 0.493 e. The summed E-state index contributed by atoms with van der Waals surface area (Å²) in [5, 5.41) is 3.61. The van der Waals surface area contributed by atoms with Gasteiger partial charge in [-0.25, -0.2) is 0 Å². The minimum Gasteiger partial charge on any atom is -0.493 e. The van der Waals surface area contributed by atoms with Crippen LogP contribution in [0.25, 0.3) is 0 Å². The summed E-state index contributed by atoms with van der Waals surface area (Å²) in [6, 6.07) is 18.6. The first kappa shape index (κ1) is 17.6. The zero-order valence-electron chi connectivity index (χ0n) is 15.7. The number of aryl methyl sites for hydroxylation is 1. The van der Waals surface area contributed by atoms with E-state index in [-0.39, 0.29) is 6.04 Å². The molecule has 0 amide bonds. The van der Waals surface area contributed by atoms with Crippen molar-refractivity contribution in [2.45, 2.75) is 26.0 Å². The van der Waals surface area contributed by atoms with Gasteiger partial charge in [0.25, 0.3) is 0 Å². The Morgan fingerprint density at radius 1 is 1.07 bits per heavy atom. The second-order valence-electron chi connectivity index (χ2n) is 6.82. The van der Waals surface area contributed by atoms with E-state index < -0.39 is 0 Å². The Hall–Kier alpha value is -2.85. The third-order valence-corrected chi connectivity index (χ3v) is 5.04. The summed E-state index contributed by atoms with van der Waals surface area (Å²) in [5.74, 6) is 1.55. The lowest BCUT2D eigenvalue weighted by molar-refractivity contribution is 0.283. The highest BCUT2D eigenvalue weighted by Crippen LogP contribution is 2.38. The maximum absolute atomic E-state index is 6.12. The molecule has 0 saturated carbocycles. The highest BCUT2D eigenvalue weighted by Gasteiger charge is 2.26. The van der Waals surface area contributed by atoms with E-state index in [1.165, 1.54) is 16.7 Å². The SMILES string of the molecule is COc1cc2c(cc1OCc1ccccc1)C(c1ncccc1C)NCC2. The van der Waals surface area contributed by atoms with Crippen LogP contribution in [-0.2, 0) is 13.0 Å². The molecule has 0 bridgehead atoms. The molecular weight excluding hydrogens is 336 g/mol. The standard InChI is InChI=1S/C23H24N2O2/c1-16-7-6-11-24-22(16)23-19-14-21(27-15-17-8-4-3-5-9-17)20(26-2)13-18(19)10-12-25-23/h3-9,11,13-14,23,25H,10,12,15H2,1-2H3.